The second kappa shape index (κ2) is 6.57. The molecule has 0 saturated carbocycles. The summed E-state index contributed by atoms with van der Waals surface area (Å²) in [6, 6.07) is 6.69. The van der Waals surface area contributed by atoms with Crippen molar-refractivity contribution in [3.8, 4) is 28.7 Å². The SMILES string of the molecule is COC(=O)c1ccc(Oc2c(O)cc(O)cc2O)cc1CBr. The van der Waals surface area contributed by atoms with Crippen molar-refractivity contribution in [3.05, 3.63) is 41.5 Å². The molecule has 0 heterocycles. The van der Waals surface area contributed by atoms with Gasteiger partial charge in [0.1, 0.15) is 11.5 Å². The molecule has 0 aliphatic heterocycles. The molecule has 2 rings (SSSR count). The van der Waals surface area contributed by atoms with Crippen molar-refractivity contribution in [2.45, 2.75) is 5.33 Å². The minimum atomic E-state index is -0.476. The van der Waals surface area contributed by atoms with Gasteiger partial charge in [-0.25, -0.2) is 4.79 Å². The van der Waals surface area contributed by atoms with Crippen LogP contribution in [0.3, 0.4) is 0 Å². The lowest BCUT2D eigenvalue weighted by atomic mass is 10.1. The highest BCUT2D eigenvalue weighted by molar-refractivity contribution is 9.08. The number of carbonyl (C=O) groups is 1. The van der Waals surface area contributed by atoms with Crippen molar-refractivity contribution in [2.75, 3.05) is 7.11 Å². The average Bonchev–Trinajstić information content (AvgIpc) is 2.49. The number of ether oxygens (including phenoxy) is 2. The normalized spacial score (nSPS) is 10.3. The number of benzene rings is 2. The van der Waals surface area contributed by atoms with E-state index >= 15 is 0 Å². The van der Waals surface area contributed by atoms with Gasteiger partial charge in [0.15, 0.2) is 11.5 Å². The lowest BCUT2D eigenvalue weighted by Crippen LogP contribution is -2.04. The van der Waals surface area contributed by atoms with E-state index in [4.69, 9.17) is 4.74 Å². The van der Waals surface area contributed by atoms with Gasteiger partial charge in [-0.2, -0.15) is 0 Å². The fourth-order valence-electron chi connectivity index (χ4n) is 1.86. The molecule has 2 aromatic rings. The van der Waals surface area contributed by atoms with E-state index in [1.165, 1.54) is 19.2 Å². The van der Waals surface area contributed by atoms with Crippen molar-refractivity contribution in [2.24, 2.45) is 0 Å². The molecular formula is C15H13BrO6. The first kappa shape index (κ1) is 16.0. The Hall–Kier alpha value is -2.41. The summed E-state index contributed by atoms with van der Waals surface area (Å²) in [4.78, 5) is 11.6. The molecule has 7 heteroatoms. The van der Waals surface area contributed by atoms with E-state index in [0.717, 1.165) is 12.1 Å². The maximum Gasteiger partial charge on any atom is 0.338 e. The summed E-state index contributed by atoms with van der Waals surface area (Å²) >= 11 is 3.27. The Balaban J connectivity index is 2.37. The van der Waals surface area contributed by atoms with Crippen molar-refractivity contribution in [1.29, 1.82) is 0 Å². The molecule has 116 valence electrons. The summed E-state index contributed by atoms with van der Waals surface area (Å²) in [5.41, 5.74) is 1.01. The van der Waals surface area contributed by atoms with Gasteiger partial charge in [-0.1, -0.05) is 15.9 Å². The van der Waals surface area contributed by atoms with Crippen LogP contribution in [0.5, 0.6) is 28.7 Å². The van der Waals surface area contributed by atoms with Gasteiger partial charge < -0.3 is 24.8 Å². The molecule has 0 bridgehead atoms. The Bertz CT molecular complexity index is 690. The molecule has 22 heavy (non-hydrogen) atoms. The van der Waals surface area contributed by atoms with Crippen molar-refractivity contribution < 1.29 is 29.6 Å². The monoisotopic (exact) mass is 368 g/mol. The molecule has 2 aromatic carbocycles. The zero-order valence-corrected chi connectivity index (χ0v) is 13.1. The van der Waals surface area contributed by atoms with Gasteiger partial charge in [0.25, 0.3) is 0 Å². The number of methoxy groups -OCH3 is 1. The zero-order chi connectivity index (χ0) is 16.3. The van der Waals surface area contributed by atoms with Gasteiger partial charge in [0.05, 0.1) is 12.7 Å². The average molecular weight is 369 g/mol. The van der Waals surface area contributed by atoms with E-state index in [-0.39, 0.29) is 11.5 Å². The fourth-order valence-corrected chi connectivity index (χ4v) is 2.32. The molecule has 0 amide bonds. The number of halogens is 1. The van der Waals surface area contributed by atoms with E-state index in [9.17, 15) is 20.1 Å². The van der Waals surface area contributed by atoms with Crippen LogP contribution in [0.15, 0.2) is 30.3 Å². The number of phenols is 3. The number of carbonyl (C=O) groups excluding carboxylic acids is 1. The van der Waals surface area contributed by atoms with E-state index in [1.54, 1.807) is 6.07 Å². The smallest absolute Gasteiger partial charge is 0.338 e. The Morgan fingerprint density at radius 3 is 2.32 bits per heavy atom. The van der Waals surface area contributed by atoms with Crippen LogP contribution in [0.2, 0.25) is 0 Å². The van der Waals surface area contributed by atoms with Gasteiger partial charge in [0, 0.05) is 17.5 Å². The number of phenolic OH excluding ortho intramolecular Hbond substituents is 3. The number of hydrogen-bond acceptors (Lipinski definition) is 6. The Morgan fingerprint density at radius 2 is 1.77 bits per heavy atom. The minimum Gasteiger partial charge on any atom is -0.508 e. The highest BCUT2D eigenvalue weighted by atomic mass is 79.9. The lowest BCUT2D eigenvalue weighted by molar-refractivity contribution is 0.0600. The van der Waals surface area contributed by atoms with Crippen LogP contribution in [-0.4, -0.2) is 28.4 Å². The first-order valence-corrected chi connectivity index (χ1v) is 7.28. The van der Waals surface area contributed by atoms with Crippen molar-refractivity contribution >= 4 is 21.9 Å². The number of aromatic hydroxyl groups is 3. The quantitative estimate of drug-likeness (QED) is 0.566. The molecule has 3 N–H and O–H groups in total. The third kappa shape index (κ3) is 3.25. The van der Waals surface area contributed by atoms with Crippen LogP contribution >= 0.6 is 15.9 Å². The van der Waals surface area contributed by atoms with Crippen LogP contribution in [0, 0.1) is 0 Å². The second-order valence-electron chi connectivity index (χ2n) is 4.36. The topological polar surface area (TPSA) is 96.2 Å². The molecule has 0 fully saturated rings. The van der Waals surface area contributed by atoms with E-state index in [0.29, 0.717) is 22.2 Å². The van der Waals surface area contributed by atoms with Gasteiger partial charge in [-0.05, 0) is 23.8 Å². The summed E-state index contributed by atoms with van der Waals surface area (Å²) in [6.45, 7) is 0. The van der Waals surface area contributed by atoms with Gasteiger partial charge in [0.2, 0.25) is 5.75 Å². The van der Waals surface area contributed by atoms with Gasteiger partial charge in [-0.15, -0.1) is 0 Å². The van der Waals surface area contributed by atoms with E-state index in [2.05, 4.69) is 20.7 Å². The zero-order valence-electron chi connectivity index (χ0n) is 11.5. The summed E-state index contributed by atoms with van der Waals surface area (Å²) in [7, 11) is 1.29. The predicted molar refractivity (Wildman–Crippen MR) is 81.9 cm³/mol. The molecular weight excluding hydrogens is 356 g/mol. The molecule has 0 unspecified atom stereocenters. The summed E-state index contributed by atoms with van der Waals surface area (Å²) in [5, 5.41) is 29.1. The molecule has 0 radical (unpaired) electrons. The predicted octanol–water partition coefficient (Wildman–Crippen LogP) is 3.28. The molecule has 0 aliphatic carbocycles. The molecule has 0 spiro atoms. The Labute approximate surface area is 134 Å². The Morgan fingerprint density at radius 1 is 1.14 bits per heavy atom. The highest BCUT2D eigenvalue weighted by Gasteiger charge is 2.15. The Kier molecular flexibility index (Phi) is 4.77. The van der Waals surface area contributed by atoms with E-state index < -0.39 is 17.5 Å². The largest absolute Gasteiger partial charge is 0.508 e. The molecule has 0 saturated heterocycles. The van der Waals surface area contributed by atoms with Crippen LogP contribution in [0.1, 0.15) is 15.9 Å². The molecule has 6 nitrogen and oxygen atoms in total. The third-order valence-corrected chi connectivity index (χ3v) is 3.48. The lowest BCUT2D eigenvalue weighted by Gasteiger charge is -2.12. The molecule has 0 aliphatic rings. The summed E-state index contributed by atoms with van der Waals surface area (Å²) in [5.74, 6) is -1.46. The number of rotatable bonds is 4. The standard InChI is InChI=1S/C15H13BrO6/c1-21-15(20)11-3-2-10(4-8(11)7-16)22-14-12(18)5-9(17)6-13(14)19/h2-6,17-19H,7H2,1H3. The first-order chi connectivity index (χ1) is 10.5. The van der Waals surface area contributed by atoms with Crippen LogP contribution < -0.4 is 4.74 Å². The van der Waals surface area contributed by atoms with E-state index in [1.807, 2.05) is 0 Å². The van der Waals surface area contributed by atoms with Gasteiger partial charge >= 0.3 is 5.97 Å². The second-order valence-corrected chi connectivity index (χ2v) is 4.92. The summed E-state index contributed by atoms with van der Waals surface area (Å²) < 4.78 is 10.1. The summed E-state index contributed by atoms with van der Waals surface area (Å²) in [6.07, 6.45) is 0. The minimum absolute atomic E-state index is 0.191. The first-order valence-electron chi connectivity index (χ1n) is 6.16. The van der Waals surface area contributed by atoms with Gasteiger partial charge in [-0.3, -0.25) is 0 Å². The van der Waals surface area contributed by atoms with Crippen molar-refractivity contribution in [1.82, 2.24) is 0 Å². The van der Waals surface area contributed by atoms with Crippen molar-refractivity contribution in [3.63, 3.8) is 0 Å². The maximum atomic E-state index is 11.6. The molecule has 0 atom stereocenters. The van der Waals surface area contributed by atoms with Crippen LogP contribution in [0.4, 0.5) is 0 Å². The number of esters is 1. The van der Waals surface area contributed by atoms with Crippen LogP contribution in [0.25, 0.3) is 0 Å². The fraction of sp³-hybridized carbons (Fsp3) is 0.133. The number of alkyl halides is 1. The van der Waals surface area contributed by atoms with Crippen LogP contribution in [-0.2, 0) is 10.1 Å². The highest BCUT2D eigenvalue weighted by Crippen LogP contribution is 2.42. The third-order valence-electron chi connectivity index (χ3n) is 2.88. The number of hydrogen-bond donors (Lipinski definition) is 3. The molecule has 0 aromatic heterocycles. The maximum absolute atomic E-state index is 11.6.